The third-order valence-corrected chi connectivity index (χ3v) is 8.33. The SMILES string of the molecule is COc1cc2nc(CN3CCN(S(=O)(=O)c4cccs4)CC3)[nH]c(=O)c2cc1OC. The van der Waals surface area contributed by atoms with E-state index in [0.29, 0.717) is 65.2 Å². The normalized spacial score (nSPS) is 16.1. The van der Waals surface area contributed by atoms with Crippen LogP contribution in [-0.2, 0) is 16.6 Å². The Balaban J connectivity index is 1.49. The van der Waals surface area contributed by atoms with E-state index in [9.17, 15) is 13.2 Å². The molecule has 0 atom stereocenters. The number of nitrogens with one attached hydrogen (secondary N) is 1. The topological polar surface area (TPSA) is 105 Å². The Kier molecular flexibility index (Phi) is 5.78. The highest BCUT2D eigenvalue weighted by Crippen LogP contribution is 2.30. The van der Waals surface area contributed by atoms with Crippen LogP contribution >= 0.6 is 11.3 Å². The first-order valence-corrected chi connectivity index (χ1v) is 11.7. The lowest BCUT2D eigenvalue weighted by Crippen LogP contribution is -2.48. The average molecular weight is 451 g/mol. The summed E-state index contributed by atoms with van der Waals surface area (Å²) in [5, 5.41) is 2.18. The van der Waals surface area contributed by atoms with Crippen molar-refractivity contribution in [3.63, 3.8) is 0 Å². The molecule has 3 aromatic rings. The molecule has 30 heavy (non-hydrogen) atoms. The number of ether oxygens (including phenoxy) is 2. The van der Waals surface area contributed by atoms with Gasteiger partial charge in [0, 0.05) is 32.2 Å². The first-order chi connectivity index (χ1) is 14.4. The molecular formula is C19H22N4O5S2. The minimum Gasteiger partial charge on any atom is -0.493 e. The van der Waals surface area contributed by atoms with Crippen molar-refractivity contribution in [3.8, 4) is 11.5 Å². The molecule has 11 heteroatoms. The van der Waals surface area contributed by atoms with Crippen molar-refractivity contribution in [2.75, 3.05) is 40.4 Å². The zero-order valence-corrected chi connectivity index (χ0v) is 18.3. The fraction of sp³-hybridized carbons (Fsp3) is 0.368. The van der Waals surface area contributed by atoms with Gasteiger partial charge < -0.3 is 14.5 Å². The van der Waals surface area contributed by atoms with Gasteiger partial charge in [-0.3, -0.25) is 9.69 Å². The summed E-state index contributed by atoms with van der Waals surface area (Å²) in [6.07, 6.45) is 0. The lowest BCUT2D eigenvalue weighted by molar-refractivity contribution is 0.178. The van der Waals surface area contributed by atoms with E-state index in [0.717, 1.165) is 0 Å². The molecule has 9 nitrogen and oxygen atoms in total. The van der Waals surface area contributed by atoms with E-state index < -0.39 is 10.0 Å². The molecule has 1 saturated heterocycles. The summed E-state index contributed by atoms with van der Waals surface area (Å²) in [5.74, 6) is 1.49. The number of aromatic amines is 1. The maximum absolute atomic E-state index is 12.7. The van der Waals surface area contributed by atoms with Crippen molar-refractivity contribution in [2.24, 2.45) is 0 Å². The van der Waals surface area contributed by atoms with Crippen LogP contribution < -0.4 is 15.0 Å². The maximum atomic E-state index is 12.7. The van der Waals surface area contributed by atoms with E-state index in [4.69, 9.17) is 9.47 Å². The molecule has 0 unspecified atom stereocenters. The molecule has 0 spiro atoms. The van der Waals surface area contributed by atoms with Crippen LogP contribution in [0.4, 0.5) is 0 Å². The number of piperazine rings is 1. The van der Waals surface area contributed by atoms with Crippen molar-refractivity contribution < 1.29 is 17.9 Å². The first-order valence-electron chi connectivity index (χ1n) is 9.33. The van der Waals surface area contributed by atoms with E-state index in [1.807, 2.05) is 0 Å². The summed E-state index contributed by atoms with van der Waals surface area (Å²) < 4.78 is 37.7. The van der Waals surface area contributed by atoms with Crippen LogP contribution in [0.2, 0.25) is 0 Å². The smallest absolute Gasteiger partial charge is 0.258 e. The second-order valence-corrected chi connectivity index (χ2v) is 9.96. The Bertz CT molecular complexity index is 1200. The molecule has 0 amide bonds. The molecule has 0 saturated carbocycles. The van der Waals surface area contributed by atoms with E-state index in [1.54, 1.807) is 29.6 Å². The minimum atomic E-state index is -3.44. The standard InChI is InChI=1S/C19H22N4O5S2/c1-27-15-10-13-14(11-16(15)28-2)20-17(21-19(13)24)12-22-5-7-23(8-6-22)30(25,26)18-4-3-9-29-18/h3-4,9-11H,5-8,12H2,1-2H3,(H,20,21,24). The molecule has 1 aliphatic rings. The Morgan fingerprint density at radius 3 is 2.47 bits per heavy atom. The number of aromatic nitrogens is 2. The van der Waals surface area contributed by atoms with Crippen LogP contribution in [0, 0.1) is 0 Å². The lowest BCUT2D eigenvalue weighted by Gasteiger charge is -2.33. The summed E-state index contributed by atoms with van der Waals surface area (Å²) in [6.45, 7) is 2.31. The number of hydrogen-bond donors (Lipinski definition) is 1. The van der Waals surface area contributed by atoms with Crippen LogP contribution in [-0.4, -0.2) is 68.0 Å². The number of H-pyrrole nitrogens is 1. The van der Waals surface area contributed by atoms with Crippen LogP contribution in [0.5, 0.6) is 11.5 Å². The van der Waals surface area contributed by atoms with Crippen molar-refractivity contribution >= 4 is 32.3 Å². The second-order valence-electron chi connectivity index (χ2n) is 6.85. The Hall–Kier alpha value is -2.47. The zero-order chi connectivity index (χ0) is 21.3. The van der Waals surface area contributed by atoms with Crippen molar-refractivity contribution in [2.45, 2.75) is 10.8 Å². The van der Waals surface area contributed by atoms with Gasteiger partial charge in [-0.05, 0) is 17.5 Å². The van der Waals surface area contributed by atoms with Crippen LogP contribution in [0.1, 0.15) is 5.82 Å². The molecule has 1 aromatic carbocycles. The fourth-order valence-corrected chi connectivity index (χ4v) is 6.03. The minimum absolute atomic E-state index is 0.255. The molecule has 0 radical (unpaired) electrons. The number of hydrogen-bond acceptors (Lipinski definition) is 8. The summed E-state index contributed by atoms with van der Waals surface area (Å²) >= 11 is 1.22. The number of nitrogens with zero attached hydrogens (tertiary/aromatic N) is 3. The largest absolute Gasteiger partial charge is 0.493 e. The van der Waals surface area contributed by atoms with Crippen LogP contribution in [0.15, 0.2) is 38.6 Å². The van der Waals surface area contributed by atoms with Gasteiger partial charge >= 0.3 is 0 Å². The van der Waals surface area contributed by atoms with Gasteiger partial charge in [-0.25, -0.2) is 13.4 Å². The van der Waals surface area contributed by atoms with Crippen LogP contribution in [0.25, 0.3) is 10.9 Å². The van der Waals surface area contributed by atoms with Crippen molar-refractivity contribution in [3.05, 3.63) is 45.8 Å². The van der Waals surface area contributed by atoms with Crippen molar-refractivity contribution in [1.29, 1.82) is 0 Å². The van der Waals surface area contributed by atoms with Crippen LogP contribution in [0.3, 0.4) is 0 Å². The third kappa shape index (κ3) is 3.93. The highest BCUT2D eigenvalue weighted by atomic mass is 32.2. The number of methoxy groups -OCH3 is 2. The molecule has 3 heterocycles. The van der Waals surface area contributed by atoms with E-state index in [1.165, 1.54) is 29.9 Å². The van der Waals surface area contributed by atoms with Gasteiger partial charge in [0.15, 0.2) is 11.5 Å². The Morgan fingerprint density at radius 1 is 1.13 bits per heavy atom. The first kappa shape index (κ1) is 20.8. The molecule has 160 valence electrons. The number of sulfonamides is 1. The Morgan fingerprint density at radius 2 is 1.83 bits per heavy atom. The number of thiophene rings is 1. The second kappa shape index (κ2) is 8.34. The zero-order valence-electron chi connectivity index (χ0n) is 16.6. The quantitative estimate of drug-likeness (QED) is 0.607. The van der Waals surface area contributed by atoms with Gasteiger partial charge in [0.05, 0.1) is 31.7 Å². The third-order valence-electron chi connectivity index (χ3n) is 5.05. The van der Waals surface area contributed by atoms with Gasteiger partial charge in [0.1, 0.15) is 10.0 Å². The van der Waals surface area contributed by atoms with E-state index in [2.05, 4.69) is 14.9 Å². The molecule has 0 bridgehead atoms. The molecule has 2 aromatic heterocycles. The summed E-state index contributed by atoms with van der Waals surface area (Å²) in [7, 11) is -0.398. The van der Waals surface area contributed by atoms with Gasteiger partial charge in [0.2, 0.25) is 0 Å². The Labute approximate surface area is 177 Å². The monoisotopic (exact) mass is 450 g/mol. The maximum Gasteiger partial charge on any atom is 0.258 e. The molecule has 1 fully saturated rings. The van der Waals surface area contributed by atoms with Gasteiger partial charge in [-0.2, -0.15) is 4.31 Å². The molecule has 4 rings (SSSR count). The molecule has 1 aliphatic heterocycles. The van der Waals surface area contributed by atoms with Crippen molar-refractivity contribution in [1.82, 2.24) is 19.2 Å². The van der Waals surface area contributed by atoms with Gasteiger partial charge in [-0.15, -0.1) is 11.3 Å². The highest BCUT2D eigenvalue weighted by molar-refractivity contribution is 7.91. The fourth-order valence-electron chi connectivity index (χ4n) is 3.47. The summed E-state index contributed by atoms with van der Waals surface area (Å²) in [4.78, 5) is 22.0. The summed E-state index contributed by atoms with van der Waals surface area (Å²) in [6, 6.07) is 6.65. The predicted octanol–water partition coefficient (Wildman–Crippen LogP) is 1.51. The number of rotatable bonds is 6. The molecule has 0 aliphatic carbocycles. The number of fused-ring (bicyclic) bond motifs is 1. The number of benzene rings is 1. The van der Waals surface area contributed by atoms with Gasteiger partial charge in [-0.1, -0.05) is 6.07 Å². The van der Waals surface area contributed by atoms with E-state index >= 15 is 0 Å². The molecule has 1 N–H and O–H groups in total. The molecular weight excluding hydrogens is 428 g/mol. The predicted molar refractivity (Wildman–Crippen MR) is 114 cm³/mol. The van der Waals surface area contributed by atoms with E-state index in [-0.39, 0.29) is 5.56 Å². The lowest BCUT2D eigenvalue weighted by atomic mass is 10.2. The highest BCUT2D eigenvalue weighted by Gasteiger charge is 2.29. The van der Waals surface area contributed by atoms with Gasteiger partial charge in [0.25, 0.3) is 15.6 Å². The average Bonchev–Trinajstić information content (AvgIpc) is 3.29. The summed E-state index contributed by atoms with van der Waals surface area (Å²) in [5.41, 5.74) is 0.264.